The second kappa shape index (κ2) is 9.22. The van der Waals surface area contributed by atoms with Crippen molar-refractivity contribution in [3.63, 3.8) is 0 Å². The summed E-state index contributed by atoms with van der Waals surface area (Å²) in [5.41, 5.74) is 3.64. The summed E-state index contributed by atoms with van der Waals surface area (Å²) < 4.78 is 11.6. The second-order valence-corrected chi connectivity index (χ2v) is 8.33. The van der Waals surface area contributed by atoms with Gasteiger partial charge in [-0.2, -0.15) is 0 Å². The van der Waals surface area contributed by atoms with Gasteiger partial charge in [0.2, 0.25) is 5.91 Å². The number of ether oxygens (including phenoxy) is 1. The third-order valence-electron chi connectivity index (χ3n) is 4.92. The van der Waals surface area contributed by atoms with Gasteiger partial charge in [-0.1, -0.05) is 42.1 Å². The summed E-state index contributed by atoms with van der Waals surface area (Å²) in [6.45, 7) is 2.01. The maximum atomic E-state index is 12.4. The van der Waals surface area contributed by atoms with Crippen LogP contribution in [0.25, 0.3) is 22.4 Å². The van der Waals surface area contributed by atoms with Gasteiger partial charge in [0.05, 0.1) is 11.3 Å². The largest absolute Gasteiger partial charge is 0.457 e. The van der Waals surface area contributed by atoms with E-state index in [2.05, 4.69) is 20.5 Å². The summed E-state index contributed by atoms with van der Waals surface area (Å²) >= 11 is 1.19. The number of amides is 1. The lowest BCUT2D eigenvalue weighted by atomic mass is 10.2. The van der Waals surface area contributed by atoms with Crippen molar-refractivity contribution in [3.8, 4) is 23.0 Å². The molecule has 0 bridgehead atoms. The van der Waals surface area contributed by atoms with Crippen LogP contribution in [0.1, 0.15) is 5.56 Å². The Morgan fingerprint density at radius 1 is 1.03 bits per heavy atom. The number of aromatic nitrogens is 3. The van der Waals surface area contributed by atoms with Crippen molar-refractivity contribution in [2.45, 2.75) is 12.1 Å². The third kappa shape index (κ3) is 4.91. The van der Waals surface area contributed by atoms with Gasteiger partial charge in [0.15, 0.2) is 0 Å². The number of hydrogen-bond acceptors (Lipinski definition) is 6. The molecule has 0 radical (unpaired) electrons. The van der Waals surface area contributed by atoms with E-state index in [1.54, 1.807) is 12.1 Å². The fourth-order valence-electron chi connectivity index (χ4n) is 3.37. The first kappa shape index (κ1) is 20.8. The maximum absolute atomic E-state index is 12.4. The molecule has 0 aliphatic carbocycles. The Morgan fingerprint density at radius 3 is 2.73 bits per heavy atom. The van der Waals surface area contributed by atoms with Crippen LogP contribution in [0.3, 0.4) is 0 Å². The number of thioether (sulfide) groups is 1. The van der Waals surface area contributed by atoms with E-state index >= 15 is 0 Å². The highest BCUT2D eigenvalue weighted by molar-refractivity contribution is 7.99. The molecule has 5 rings (SSSR count). The summed E-state index contributed by atoms with van der Waals surface area (Å²) in [5.74, 6) is 1.87. The number of carbonyl (C=O) groups is 1. The molecule has 0 aliphatic rings. The average Bonchev–Trinajstić information content (AvgIpc) is 3.46. The van der Waals surface area contributed by atoms with Crippen molar-refractivity contribution in [1.82, 2.24) is 15.2 Å². The molecular weight excluding hydrogens is 436 g/mol. The molecule has 8 heteroatoms. The first-order valence-electron chi connectivity index (χ1n) is 10.3. The van der Waals surface area contributed by atoms with Crippen LogP contribution in [-0.4, -0.2) is 26.8 Å². The Labute approximate surface area is 194 Å². The molecule has 164 valence electrons. The first-order valence-corrected chi connectivity index (χ1v) is 11.3. The first-order chi connectivity index (χ1) is 16.1. The van der Waals surface area contributed by atoms with Gasteiger partial charge in [0.25, 0.3) is 11.1 Å². The molecule has 2 N–H and O–H groups in total. The van der Waals surface area contributed by atoms with Gasteiger partial charge in [0.1, 0.15) is 11.5 Å². The number of rotatable bonds is 7. The zero-order valence-electron chi connectivity index (χ0n) is 17.7. The van der Waals surface area contributed by atoms with Crippen LogP contribution in [0.5, 0.6) is 11.5 Å². The van der Waals surface area contributed by atoms with Gasteiger partial charge >= 0.3 is 0 Å². The smallest absolute Gasteiger partial charge is 0.277 e. The van der Waals surface area contributed by atoms with Crippen molar-refractivity contribution in [2.75, 3.05) is 11.1 Å². The van der Waals surface area contributed by atoms with Gasteiger partial charge in [0, 0.05) is 22.8 Å². The number of hydrogen-bond donors (Lipinski definition) is 2. The maximum Gasteiger partial charge on any atom is 0.277 e. The number of H-pyrrole nitrogens is 1. The van der Waals surface area contributed by atoms with Crippen LogP contribution in [-0.2, 0) is 4.79 Å². The number of para-hydroxylation sites is 1. The molecule has 0 saturated carbocycles. The molecule has 3 aromatic carbocycles. The minimum absolute atomic E-state index is 0.150. The minimum Gasteiger partial charge on any atom is -0.457 e. The summed E-state index contributed by atoms with van der Waals surface area (Å²) in [5, 5.41) is 12.4. The Balaban J connectivity index is 1.16. The Hall–Kier alpha value is -4.04. The van der Waals surface area contributed by atoms with E-state index in [1.807, 2.05) is 73.8 Å². The normalized spacial score (nSPS) is 10.9. The van der Waals surface area contributed by atoms with Crippen LogP contribution in [0.15, 0.2) is 88.6 Å². The number of nitrogens with zero attached hydrogens (tertiary/aromatic N) is 2. The fourth-order valence-corrected chi connectivity index (χ4v) is 3.93. The van der Waals surface area contributed by atoms with Crippen molar-refractivity contribution < 1.29 is 13.9 Å². The molecular formula is C25H20N4O3S. The van der Waals surface area contributed by atoms with E-state index in [-0.39, 0.29) is 11.7 Å². The molecule has 0 aliphatic heterocycles. The van der Waals surface area contributed by atoms with Gasteiger partial charge in [-0.05, 0) is 55.0 Å². The third-order valence-corrected chi connectivity index (χ3v) is 5.73. The van der Waals surface area contributed by atoms with Crippen molar-refractivity contribution in [3.05, 3.63) is 84.6 Å². The lowest BCUT2D eigenvalue weighted by molar-refractivity contribution is -0.113. The Kier molecular flexibility index (Phi) is 5.82. The number of benzene rings is 3. The minimum atomic E-state index is -0.167. The standard InChI is InChI=1S/C25H20N4O3S/c1-16-5-4-6-19(13-16)31-18-11-9-17(10-12-18)27-23(30)15-33-25-29-28-24(32-25)21-14-26-22-8-3-2-7-20(21)22/h2-14,26H,15H2,1H3,(H,27,30). The van der Waals surface area contributed by atoms with Gasteiger partial charge in [-0.25, -0.2) is 0 Å². The van der Waals surface area contributed by atoms with E-state index < -0.39 is 0 Å². The predicted molar refractivity (Wildman–Crippen MR) is 129 cm³/mol. The summed E-state index contributed by atoms with van der Waals surface area (Å²) in [4.78, 5) is 15.5. The van der Waals surface area contributed by atoms with Crippen molar-refractivity contribution in [2.24, 2.45) is 0 Å². The zero-order chi connectivity index (χ0) is 22.6. The number of fused-ring (bicyclic) bond motifs is 1. The molecule has 7 nitrogen and oxygen atoms in total. The van der Waals surface area contributed by atoms with Gasteiger partial charge in [-0.15, -0.1) is 10.2 Å². The van der Waals surface area contributed by atoms with E-state index in [4.69, 9.17) is 9.15 Å². The van der Waals surface area contributed by atoms with Crippen molar-refractivity contribution in [1.29, 1.82) is 0 Å². The zero-order valence-corrected chi connectivity index (χ0v) is 18.6. The predicted octanol–water partition coefficient (Wildman–Crippen LogP) is 6.05. The SMILES string of the molecule is Cc1cccc(Oc2ccc(NC(=O)CSc3nnc(-c4c[nH]c5ccccc45)o3)cc2)c1. The van der Waals surface area contributed by atoms with Gasteiger partial charge < -0.3 is 19.5 Å². The fraction of sp³-hybridized carbons (Fsp3) is 0.0800. The molecule has 5 aromatic rings. The van der Waals surface area contributed by atoms with Crippen molar-refractivity contribution >= 4 is 34.3 Å². The molecule has 0 saturated heterocycles. The van der Waals surface area contributed by atoms with Crippen LogP contribution in [0, 0.1) is 6.92 Å². The quantitative estimate of drug-likeness (QED) is 0.290. The molecule has 1 amide bonds. The number of aromatic amines is 1. The molecule has 2 heterocycles. The lowest BCUT2D eigenvalue weighted by Crippen LogP contribution is -2.13. The average molecular weight is 457 g/mol. The van der Waals surface area contributed by atoms with E-state index in [9.17, 15) is 4.79 Å². The summed E-state index contributed by atoms with van der Waals surface area (Å²) in [7, 11) is 0. The molecule has 33 heavy (non-hydrogen) atoms. The molecule has 0 atom stereocenters. The summed E-state index contributed by atoms with van der Waals surface area (Å²) in [6.07, 6.45) is 1.84. The topological polar surface area (TPSA) is 93.0 Å². The summed E-state index contributed by atoms with van der Waals surface area (Å²) in [6, 6.07) is 23.0. The van der Waals surface area contributed by atoms with Crippen LogP contribution < -0.4 is 10.1 Å². The highest BCUT2D eigenvalue weighted by atomic mass is 32.2. The number of nitrogens with one attached hydrogen (secondary N) is 2. The van der Waals surface area contributed by atoms with Crippen LogP contribution >= 0.6 is 11.8 Å². The molecule has 0 fully saturated rings. The lowest BCUT2D eigenvalue weighted by Gasteiger charge is -2.08. The van der Waals surface area contributed by atoms with Gasteiger partial charge in [-0.3, -0.25) is 4.79 Å². The van der Waals surface area contributed by atoms with Crippen LogP contribution in [0.4, 0.5) is 5.69 Å². The van der Waals surface area contributed by atoms with Crippen LogP contribution in [0.2, 0.25) is 0 Å². The number of aryl methyl sites for hydroxylation is 1. The molecule has 0 unspecified atom stereocenters. The van der Waals surface area contributed by atoms with E-state index in [0.29, 0.717) is 22.6 Å². The van der Waals surface area contributed by atoms with E-state index in [1.165, 1.54) is 11.8 Å². The number of carbonyl (C=O) groups excluding carboxylic acids is 1. The Morgan fingerprint density at radius 2 is 1.88 bits per heavy atom. The molecule has 2 aromatic heterocycles. The van der Waals surface area contributed by atoms with E-state index in [0.717, 1.165) is 27.8 Å². The Bertz CT molecular complexity index is 1410. The highest BCUT2D eigenvalue weighted by Crippen LogP contribution is 2.29. The second-order valence-electron chi connectivity index (χ2n) is 7.40. The highest BCUT2D eigenvalue weighted by Gasteiger charge is 2.14. The molecule has 0 spiro atoms. The number of anilines is 1. The monoisotopic (exact) mass is 456 g/mol.